The Morgan fingerprint density at radius 1 is 1.10 bits per heavy atom. The summed E-state index contributed by atoms with van der Waals surface area (Å²) in [7, 11) is 0. The van der Waals surface area contributed by atoms with Crippen LogP contribution in [0, 0.1) is 0 Å². The highest BCUT2D eigenvalue weighted by Crippen LogP contribution is 2.26. The van der Waals surface area contributed by atoms with Crippen LogP contribution in [-0.2, 0) is 19.4 Å². The minimum Gasteiger partial charge on any atom is -0.489 e. The van der Waals surface area contributed by atoms with Crippen LogP contribution < -0.4 is 10.5 Å². The highest BCUT2D eigenvalue weighted by atomic mass is 16.5. The second-order valence-electron chi connectivity index (χ2n) is 5.57. The highest BCUT2D eigenvalue weighted by molar-refractivity contribution is 5.37. The average molecular weight is 267 g/mol. The van der Waals surface area contributed by atoms with Gasteiger partial charge in [-0.15, -0.1) is 0 Å². The number of ether oxygens (including phenoxy) is 1. The van der Waals surface area contributed by atoms with Gasteiger partial charge < -0.3 is 10.5 Å². The SMILES string of the molecule is CC(N)c1ccccc1OCc1ccc2c(c1)CCC2. The molecule has 0 fully saturated rings. The number of hydrogen-bond donors (Lipinski definition) is 1. The molecule has 1 unspecified atom stereocenters. The second-order valence-corrected chi connectivity index (χ2v) is 5.57. The molecule has 0 aliphatic heterocycles. The van der Waals surface area contributed by atoms with E-state index < -0.39 is 0 Å². The zero-order valence-corrected chi connectivity index (χ0v) is 11.9. The molecule has 0 bridgehead atoms. The Kier molecular flexibility index (Phi) is 3.75. The minimum absolute atomic E-state index is 0.00813. The lowest BCUT2D eigenvalue weighted by molar-refractivity contribution is 0.301. The van der Waals surface area contributed by atoms with Crippen LogP contribution in [-0.4, -0.2) is 0 Å². The first-order valence-electron chi connectivity index (χ1n) is 7.32. The maximum atomic E-state index is 5.98. The molecule has 1 atom stereocenters. The first-order valence-corrected chi connectivity index (χ1v) is 7.32. The van der Waals surface area contributed by atoms with Crippen molar-refractivity contribution in [3.05, 3.63) is 64.7 Å². The summed E-state index contributed by atoms with van der Waals surface area (Å²) < 4.78 is 5.96. The van der Waals surface area contributed by atoms with Crippen molar-refractivity contribution < 1.29 is 4.74 Å². The Morgan fingerprint density at radius 3 is 2.75 bits per heavy atom. The average Bonchev–Trinajstić information content (AvgIpc) is 2.92. The Morgan fingerprint density at radius 2 is 1.90 bits per heavy atom. The van der Waals surface area contributed by atoms with Crippen molar-refractivity contribution >= 4 is 0 Å². The van der Waals surface area contributed by atoms with Crippen LogP contribution in [0.4, 0.5) is 0 Å². The summed E-state index contributed by atoms with van der Waals surface area (Å²) >= 11 is 0. The molecule has 2 aromatic carbocycles. The lowest BCUT2D eigenvalue weighted by Gasteiger charge is -2.14. The van der Waals surface area contributed by atoms with E-state index >= 15 is 0 Å². The molecule has 0 saturated carbocycles. The van der Waals surface area contributed by atoms with Crippen molar-refractivity contribution in [2.24, 2.45) is 5.73 Å². The predicted octanol–water partition coefficient (Wildman–Crippen LogP) is 3.77. The van der Waals surface area contributed by atoms with Gasteiger partial charge in [0, 0.05) is 11.6 Å². The van der Waals surface area contributed by atoms with E-state index in [0.717, 1.165) is 11.3 Å². The molecule has 2 N–H and O–H groups in total. The smallest absolute Gasteiger partial charge is 0.124 e. The topological polar surface area (TPSA) is 35.2 Å². The molecule has 2 aromatic rings. The third kappa shape index (κ3) is 2.70. The maximum absolute atomic E-state index is 5.98. The van der Waals surface area contributed by atoms with Crippen LogP contribution in [0.15, 0.2) is 42.5 Å². The normalized spacial score (nSPS) is 14.9. The lowest BCUT2D eigenvalue weighted by Crippen LogP contribution is -2.08. The van der Waals surface area contributed by atoms with Crippen molar-refractivity contribution in [2.45, 2.75) is 38.8 Å². The summed E-state index contributed by atoms with van der Waals surface area (Å²) in [6.07, 6.45) is 3.72. The number of nitrogens with two attached hydrogens (primary N) is 1. The zero-order valence-electron chi connectivity index (χ0n) is 11.9. The molecular formula is C18H21NO. The molecule has 2 nitrogen and oxygen atoms in total. The van der Waals surface area contributed by atoms with Crippen LogP contribution in [0.5, 0.6) is 5.75 Å². The summed E-state index contributed by atoms with van der Waals surface area (Å²) in [5.74, 6) is 0.892. The first-order chi connectivity index (χ1) is 9.74. The first kappa shape index (κ1) is 13.2. The fraction of sp³-hybridized carbons (Fsp3) is 0.333. The van der Waals surface area contributed by atoms with E-state index in [1.165, 1.54) is 36.0 Å². The lowest BCUT2D eigenvalue weighted by atomic mass is 10.1. The molecule has 3 rings (SSSR count). The summed E-state index contributed by atoms with van der Waals surface area (Å²) in [5, 5.41) is 0. The van der Waals surface area contributed by atoms with Gasteiger partial charge in [-0.1, -0.05) is 36.4 Å². The van der Waals surface area contributed by atoms with Gasteiger partial charge in [-0.25, -0.2) is 0 Å². The zero-order chi connectivity index (χ0) is 13.9. The number of para-hydroxylation sites is 1. The summed E-state index contributed by atoms with van der Waals surface area (Å²) in [6, 6.07) is 14.7. The van der Waals surface area contributed by atoms with E-state index in [1.807, 2.05) is 31.2 Å². The molecule has 0 amide bonds. The molecule has 2 heteroatoms. The van der Waals surface area contributed by atoms with Crippen molar-refractivity contribution in [3.63, 3.8) is 0 Å². The van der Waals surface area contributed by atoms with Crippen LogP contribution in [0.2, 0.25) is 0 Å². The van der Waals surface area contributed by atoms with Gasteiger partial charge in [0.1, 0.15) is 12.4 Å². The van der Waals surface area contributed by atoms with Crippen molar-refractivity contribution in [2.75, 3.05) is 0 Å². The Labute approximate surface area is 120 Å². The van der Waals surface area contributed by atoms with Gasteiger partial charge in [0.2, 0.25) is 0 Å². The fourth-order valence-electron chi connectivity index (χ4n) is 2.86. The fourth-order valence-corrected chi connectivity index (χ4v) is 2.86. The Hall–Kier alpha value is -1.80. The van der Waals surface area contributed by atoms with E-state index in [-0.39, 0.29) is 6.04 Å². The molecular weight excluding hydrogens is 246 g/mol. The number of benzene rings is 2. The monoisotopic (exact) mass is 267 g/mol. The van der Waals surface area contributed by atoms with Gasteiger partial charge in [0.05, 0.1) is 0 Å². The van der Waals surface area contributed by atoms with Gasteiger partial charge in [-0.05, 0) is 48.9 Å². The molecule has 0 spiro atoms. The van der Waals surface area contributed by atoms with Crippen LogP contribution in [0.3, 0.4) is 0 Å². The van der Waals surface area contributed by atoms with E-state index in [9.17, 15) is 0 Å². The molecule has 0 heterocycles. The van der Waals surface area contributed by atoms with Crippen LogP contribution >= 0.6 is 0 Å². The molecule has 0 aromatic heterocycles. The Balaban J connectivity index is 1.74. The summed E-state index contributed by atoms with van der Waals surface area (Å²) in [5.41, 5.74) is 11.3. The molecule has 0 saturated heterocycles. The van der Waals surface area contributed by atoms with Gasteiger partial charge in [-0.3, -0.25) is 0 Å². The third-order valence-electron chi connectivity index (χ3n) is 3.97. The van der Waals surface area contributed by atoms with Crippen molar-refractivity contribution in [3.8, 4) is 5.75 Å². The van der Waals surface area contributed by atoms with Gasteiger partial charge in [0.25, 0.3) is 0 Å². The van der Waals surface area contributed by atoms with E-state index in [0.29, 0.717) is 6.61 Å². The number of fused-ring (bicyclic) bond motifs is 1. The molecule has 0 radical (unpaired) electrons. The quantitative estimate of drug-likeness (QED) is 0.915. The van der Waals surface area contributed by atoms with Crippen molar-refractivity contribution in [1.29, 1.82) is 0 Å². The van der Waals surface area contributed by atoms with Gasteiger partial charge in [-0.2, -0.15) is 0 Å². The van der Waals surface area contributed by atoms with Gasteiger partial charge in [0.15, 0.2) is 0 Å². The number of rotatable bonds is 4. The highest BCUT2D eigenvalue weighted by Gasteiger charge is 2.11. The molecule has 1 aliphatic rings. The van der Waals surface area contributed by atoms with E-state index in [4.69, 9.17) is 10.5 Å². The van der Waals surface area contributed by atoms with Crippen LogP contribution in [0.25, 0.3) is 0 Å². The van der Waals surface area contributed by atoms with E-state index in [1.54, 1.807) is 0 Å². The number of aryl methyl sites for hydroxylation is 2. The Bertz CT molecular complexity index is 604. The van der Waals surface area contributed by atoms with Crippen LogP contribution in [0.1, 0.15) is 41.6 Å². The summed E-state index contributed by atoms with van der Waals surface area (Å²) in [6.45, 7) is 2.59. The van der Waals surface area contributed by atoms with Crippen molar-refractivity contribution in [1.82, 2.24) is 0 Å². The third-order valence-corrected chi connectivity index (χ3v) is 3.97. The molecule has 1 aliphatic carbocycles. The van der Waals surface area contributed by atoms with Gasteiger partial charge >= 0.3 is 0 Å². The largest absolute Gasteiger partial charge is 0.489 e. The second kappa shape index (κ2) is 5.68. The molecule has 104 valence electrons. The van der Waals surface area contributed by atoms with E-state index in [2.05, 4.69) is 18.2 Å². The minimum atomic E-state index is -0.00813. The maximum Gasteiger partial charge on any atom is 0.124 e. The number of hydrogen-bond acceptors (Lipinski definition) is 2. The standard InChI is InChI=1S/C18H21NO/c1-13(19)17-7-2-3-8-18(17)20-12-14-9-10-15-5-4-6-16(15)11-14/h2-3,7-11,13H,4-6,12,19H2,1H3. The molecule has 20 heavy (non-hydrogen) atoms. The summed E-state index contributed by atoms with van der Waals surface area (Å²) in [4.78, 5) is 0. The predicted molar refractivity (Wildman–Crippen MR) is 81.8 cm³/mol.